The summed E-state index contributed by atoms with van der Waals surface area (Å²) in [6.07, 6.45) is 0. The van der Waals surface area contributed by atoms with Gasteiger partial charge in [-0.1, -0.05) is 35.3 Å². The van der Waals surface area contributed by atoms with Gasteiger partial charge in [0.05, 0.1) is 21.3 Å². The summed E-state index contributed by atoms with van der Waals surface area (Å²) in [4.78, 5) is 19.8. The van der Waals surface area contributed by atoms with Gasteiger partial charge in [0.1, 0.15) is 10.7 Å². The highest BCUT2D eigenvalue weighted by Crippen LogP contribution is 2.38. The van der Waals surface area contributed by atoms with Crippen molar-refractivity contribution in [1.82, 2.24) is 9.97 Å². The fourth-order valence-corrected chi connectivity index (χ4v) is 3.45. The van der Waals surface area contributed by atoms with Crippen LogP contribution in [0.25, 0.3) is 21.3 Å². The lowest BCUT2D eigenvalue weighted by Crippen LogP contribution is -2.10. The monoisotopic (exact) mass is 344 g/mol. The van der Waals surface area contributed by atoms with Crippen molar-refractivity contribution in [2.45, 2.75) is 5.88 Å². The average Bonchev–Trinajstić information content (AvgIpc) is 2.86. The van der Waals surface area contributed by atoms with Crippen LogP contribution in [0, 0.1) is 0 Å². The van der Waals surface area contributed by atoms with E-state index >= 15 is 0 Å². The molecule has 0 fully saturated rings. The lowest BCUT2D eigenvalue weighted by molar-refractivity contribution is 1.04. The first-order valence-corrected chi connectivity index (χ1v) is 7.79. The van der Waals surface area contributed by atoms with Gasteiger partial charge >= 0.3 is 0 Å². The SMILES string of the molecule is O=c1[nH]c(CCl)nc2scc(-c3cccc(Cl)c3Cl)c12. The van der Waals surface area contributed by atoms with Gasteiger partial charge in [-0.3, -0.25) is 4.79 Å². The predicted molar refractivity (Wildman–Crippen MR) is 85.3 cm³/mol. The number of alkyl halides is 1. The van der Waals surface area contributed by atoms with Crippen LogP contribution in [0.15, 0.2) is 28.4 Å². The number of aromatic nitrogens is 2. The summed E-state index contributed by atoms with van der Waals surface area (Å²) in [6.45, 7) is 0. The summed E-state index contributed by atoms with van der Waals surface area (Å²) in [7, 11) is 0. The summed E-state index contributed by atoms with van der Waals surface area (Å²) in [5.41, 5.74) is 1.22. The van der Waals surface area contributed by atoms with Gasteiger partial charge in [0.25, 0.3) is 5.56 Å². The van der Waals surface area contributed by atoms with Gasteiger partial charge in [0, 0.05) is 16.5 Å². The Morgan fingerprint density at radius 2 is 2.05 bits per heavy atom. The van der Waals surface area contributed by atoms with E-state index in [1.54, 1.807) is 12.1 Å². The highest BCUT2D eigenvalue weighted by Gasteiger charge is 2.15. The number of H-pyrrole nitrogens is 1. The average molecular weight is 346 g/mol. The molecule has 0 bridgehead atoms. The maximum absolute atomic E-state index is 12.2. The first-order chi connectivity index (χ1) is 9.61. The second-order valence-corrected chi connectivity index (χ2v) is 5.99. The molecule has 0 radical (unpaired) electrons. The number of aromatic amines is 1. The molecule has 3 nitrogen and oxygen atoms in total. The number of nitrogens with zero attached hydrogens (tertiary/aromatic N) is 1. The Hall–Kier alpha value is -1.07. The van der Waals surface area contributed by atoms with E-state index in [4.69, 9.17) is 34.8 Å². The molecule has 7 heteroatoms. The van der Waals surface area contributed by atoms with Crippen LogP contribution >= 0.6 is 46.1 Å². The summed E-state index contributed by atoms with van der Waals surface area (Å²) in [5, 5.41) is 3.23. The largest absolute Gasteiger partial charge is 0.309 e. The number of rotatable bonds is 2. The van der Waals surface area contributed by atoms with Crippen molar-refractivity contribution >= 4 is 56.4 Å². The fourth-order valence-electron chi connectivity index (χ4n) is 1.97. The van der Waals surface area contributed by atoms with Gasteiger partial charge in [0.2, 0.25) is 0 Å². The zero-order valence-corrected chi connectivity index (χ0v) is 13.0. The van der Waals surface area contributed by atoms with Gasteiger partial charge in [-0.25, -0.2) is 4.98 Å². The van der Waals surface area contributed by atoms with Gasteiger partial charge in [-0.15, -0.1) is 22.9 Å². The second kappa shape index (κ2) is 5.37. The lowest BCUT2D eigenvalue weighted by Gasteiger charge is -2.04. The van der Waals surface area contributed by atoms with E-state index in [0.717, 1.165) is 11.1 Å². The van der Waals surface area contributed by atoms with Crippen molar-refractivity contribution in [3.05, 3.63) is 49.8 Å². The minimum Gasteiger partial charge on any atom is -0.309 e. The number of halogens is 3. The summed E-state index contributed by atoms with van der Waals surface area (Å²) < 4.78 is 0. The molecule has 2 aromatic heterocycles. The predicted octanol–water partition coefficient (Wildman–Crippen LogP) is 4.70. The Labute approximate surface area is 133 Å². The standard InChI is InChI=1S/C13H7Cl3N2OS/c14-4-9-17-12(19)10-7(5-20-13(10)18-9)6-2-1-3-8(15)11(6)16/h1-3,5H,4H2,(H,17,18,19). The molecule has 102 valence electrons. The molecule has 20 heavy (non-hydrogen) atoms. The second-order valence-electron chi connectivity index (χ2n) is 4.08. The molecule has 0 amide bonds. The molecule has 1 N–H and O–H groups in total. The van der Waals surface area contributed by atoms with E-state index in [1.807, 2.05) is 11.4 Å². The Kier molecular flexibility index (Phi) is 3.73. The van der Waals surface area contributed by atoms with Gasteiger partial charge in [-0.2, -0.15) is 0 Å². The van der Waals surface area contributed by atoms with Gasteiger partial charge in [-0.05, 0) is 6.07 Å². The Morgan fingerprint density at radius 1 is 1.25 bits per heavy atom. The van der Waals surface area contributed by atoms with Crippen LogP contribution in [0.4, 0.5) is 0 Å². The Morgan fingerprint density at radius 3 is 2.80 bits per heavy atom. The van der Waals surface area contributed by atoms with Crippen LogP contribution in [0.2, 0.25) is 10.0 Å². The van der Waals surface area contributed by atoms with Crippen molar-refractivity contribution in [1.29, 1.82) is 0 Å². The zero-order chi connectivity index (χ0) is 14.3. The molecule has 0 saturated carbocycles. The van der Waals surface area contributed by atoms with Crippen LogP contribution in [0.5, 0.6) is 0 Å². The molecule has 0 aliphatic rings. The van der Waals surface area contributed by atoms with Gasteiger partial charge < -0.3 is 4.98 Å². The highest BCUT2D eigenvalue weighted by molar-refractivity contribution is 7.17. The molecule has 1 aromatic carbocycles. The van der Waals surface area contributed by atoms with E-state index in [2.05, 4.69) is 9.97 Å². The van der Waals surface area contributed by atoms with Crippen molar-refractivity contribution < 1.29 is 0 Å². The minimum atomic E-state index is -0.224. The summed E-state index contributed by atoms with van der Waals surface area (Å²) in [5.74, 6) is 0.617. The Bertz CT molecular complexity index is 856. The summed E-state index contributed by atoms with van der Waals surface area (Å²) in [6, 6.07) is 5.32. The van der Waals surface area contributed by atoms with Crippen molar-refractivity contribution in [3.8, 4) is 11.1 Å². The number of hydrogen-bond acceptors (Lipinski definition) is 3. The van der Waals surface area contributed by atoms with E-state index in [0.29, 0.717) is 26.1 Å². The van der Waals surface area contributed by atoms with Gasteiger partial charge in [0.15, 0.2) is 0 Å². The molecular weight excluding hydrogens is 339 g/mol. The smallest absolute Gasteiger partial charge is 0.260 e. The molecule has 0 atom stereocenters. The molecule has 0 saturated heterocycles. The van der Waals surface area contributed by atoms with Crippen LogP contribution in [-0.2, 0) is 5.88 Å². The molecule has 0 spiro atoms. The van der Waals surface area contributed by atoms with E-state index < -0.39 is 0 Å². The maximum atomic E-state index is 12.2. The molecule has 3 rings (SSSR count). The normalized spacial score (nSPS) is 11.2. The van der Waals surface area contributed by atoms with Crippen molar-refractivity contribution in [2.24, 2.45) is 0 Å². The van der Waals surface area contributed by atoms with Crippen molar-refractivity contribution in [2.75, 3.05) is 0 Å². The lowest BCUT2D eigenvalue weighted by atomic mass is 10.1. The van der Waals surface area contributed by atoms with Crippen LogP contribution < -0.4 is 5.56 Å². The van der Waals surface area contributed by atoms with E-state index in [1.165, 1.54) is 11.3 Å². The number of thiophene rings is 1. The van der Waals surface area contributed by atoms with E-state index in [9.17, 15) is 4.79 Å². The molecule has 0 aliphatic carbocycles. The fraction of sp³-hybridized carbons (Fsp3) is 0.0769. The van der Waals surface area contributed by atoms with Crippen LogP contribution in [0.1, 0.15) is 5.82 Å². The number of hydrogen-bond donors (Lipinski definition) is 1. The molecule has 0 aliphatic heterocycles. The third-order valence-electron chi connectivity index (χ3n) is 2.86. The minimum absolute atomic E-state index is 0.163. The maximum Gasteiger partial charge on any atom is 0.260 e. The molecule has 0 unspecified atom stereocenters. The summed E-state index contributed by atoms with van der Waals surface area (Å²) >= 11 is 19.3. The third kappa shape index (κ3) is 2.23. The van der Waals surface area contributed by atoms with Crippen molar-refractivity contribution in [3.63, 3.8) is 0 Å². The topological polar surface area (TPSA) is 45.8 Å². The third-order valence-corrected chi connectivity index (χ3v) is 4.81. The number of benzene rings is 1. The molecular formula is C13H7Cl3N2OS. The van der Waals surface area contributed by atoms with Crippen LogP contribution in [-0.4, -0.2) is 9.97 Å². The molecule has 2 heterocycles. The Balaban J connectivity index is 2.33. The highest BCUT2D eigenvalue weighted by atomic mass is 35.5. The van der Waals surface area contributed by atoms with E-state index in [-0.39, 0.29) is 11.4 Å². The number of fused-ring (bicyclic) bond motifs is 1. The molecule has 3 aromatic rings. The number of nitrogens with one attached hydrogen (secondary N) is 1. The first-order valence-electron chi connectivity index (χ1n) is 5.62. The van der Waals surface area contributed by atoms with Crippen LogP contribution in [0.3, 0.4) is 0 Å². The quantitative estimate of drug-likeness (QED) is 0.684. The first kappa shape index (κ1) is 13.9. The zero-order valence-electron chi connectivity index (χ0n) is 9.91.